The Bertz CT molecular complexity index is 1240. The van der Waals surface area contributed by atoms with Gasteiger partial charge in [0.2, 0.25) is 5.91 Å². The Kier molecular flexibility index (Phi) is 7.95. The fourth-order valence-corrected chi connectivity index (χ4v) is 6.07. The normalized spacial score (nSPS) is 20.4. The third kappa shape index (κ3) is 5.14. The lowest BCUT2D eigenvalue weighted by molar-refractivity contribution is -0.125. The predicted octanol–water partition coefficient (Wildman–Crippen LogP) is 4.06. The predicted molar refractivity (Wildman–Crippen MR) is 145 cm³/mol. The summed E-state index contributed by atoms with van der Waals surface area (Å²) in [4.78, 5) is 43.4. The number of amides is 3. The first-order valence-electron chi connectivity index (χ1n) is 14.0. The highest BCUT2D eigenvalue weighted by molar-refractivity contribution is 6.01. The lowest BCUT2D eigenvalue weighted by Gasteiger charge is -2.45. The molecule has 0 unspecified atom stereocenters. The van der Waals surface area contributed by atoms with Gasteiger partial charge in [0.15, 0.2) is 11.5 Å². The molecule has 0 bridgehead atoms. The minimum Gasteiger partial charge on any atom is -0.490 e. The number of benzene rings is 2. The number of carbonyl (C=O) groups excluding carboxylic acids is 3. The van der Waals surface area contributed by atoms with Gasteiger partial charge in [-0.1, -0.05) is 18.2 Å². The van der Waals surface area contributed by atoms with E-state index in [9.17, 15) is 14.4 Å². The van der Waals surface area contributed by atoms with Gasteiger partial charge in [0.05, 0.1) is 31.8 Å². The van der Waals surface area contributed by atoms with Gasteiger partial charge in [0.1, 0.15) is 0 Å². The summed E-state index contributed by atoms with van der Waals surface area (Å²) in [5.74, 6) is 0.563. The molecule has 9 nitrogen and oxygen atoms in total. The number of fused-ring (bicyclic) bond motifs is 4. The highest BCUT2D eigenvalue weighted by atomic mass is 16.6. The number of hydrogen-bond donors (Lipinski definition) is 1. The van der Waals surface area contributed by atoms with E-state index in [2.05, 4.69) is 5.32 Å². The molecule has 0 spiro atoms. The van der Waals surface area contributed by atoms with Crippen LogP contribution < -0.4 is 14.8 Å². The van der Waals surface area contributed by atoms with E-state index in [-0.39, 0.29) is 23.9 Å². The maximum absolute atomic E-state index is 14.1. The first kappa shape index (κ1) is 26.8. The van der Waals surface area contributed by atoms with Crippen LogP contribution in [0.3, 0.4) is 0 Å². The molecule has 5 rings (SSSR count). The van der Waals surface area contributed by atoms with Crippen molar-refractivity contribution in [2.45, 2.75) is 58.0 Å². The van der Waals surface area contributed by atoms with E-state index in [1.54, 1.807) is 11.8 Å². The van der Waals surface area contributed by atoms with Crippen molar-refractivity contribution in [1.29, 1.82) is 0 Å². The van der Waals surface area contributed by atoms with Crippen LogP contribution in [0, 0.1) is 0 Å². The van der Waals surface area contributed by atoms with Crippen LogP contribution in [0.15, 0.2) is 36.4 Å². The van der Waals surface area contributed by atoms with E-state index in [0.717, 1.165) is 16.7 Å². The third-order valence-electron chi connectivity index (χ3n) is 7.83. The third-order valence-corrected chi connectivity index (χ3v) is 7.83. The summed E-state index contributed by atoms with van der Waals surface area (Å²) in [6, 6.07) is 10.9. The standard InChI is InChI=1S/C30H37N3O6/c1-4-37-24-17-19-11-16-33-27(23(19)18-25(24)38-5-2)26(21-9-7-8-10-22(21)29(33)35)28(34)31-20-12-14-32(15-13-20)30(36)39-6-3/h7-10,17-18,20,26-27H,4-6,11-16H2,1-3H3,(H,31,34)/t26-,27-/m0/s1. The van der Waals surface area contributed by atoms with Gasteiger partial charge < -0.3 is 29.3 Å². The molecule has 0 aromatic heterocycles. The van der Waals surface area contributed by atoms with Gasteiger partial charge in [0, 0.05) is 31.2 Å². The second-order valence-corrected chi connectivity index (χ2v) is 10.1. The second kappa shape index (κ2) is 11.6. The molecule has 0 radical (unpaired) electrons. The zero-order valence-electron chi connectivity index (χ0n) is 22.9. The Morgan fingerprint density at radius 3 is 2.31 bits per heavy atom. The lowest BCUT2D eigenvalue weighted by atomic mass is 9.75. The average Bonchev–Trinajstić information content (AvgIpc) is 2.94. The van der Waals surface area contributed by atoms with E-state index >= 15 is 0 Å². The summed E-state index contributed by atoms with van der Waals surface area (Å²) in [7, 11) is 0. The zero-order chi connectivity index (χ0) is 27.5. The van der Waals surface area contributed by atoms with E-state index in [1.165, 1.54) is 0 Å². The molecule has 2 aromatic carbocycles. The van der Waals surface area contributed by atoms with E-state index in [0.29, 0.717) is 75.8 Å². The monoisotopic (exact) mass is 535 g/mol. The SMILES string of the molecule is CCOC(=O)N1CCC(NC(=O)[C@H]2c3ccccc3C(=O)N3CCc4cc(OCC)c(OCC)cc4[C@@H]23)CC1. The minimum atomic E-state index is -0.576. The van der Waals surface area contributed by atoms with Gasteiger partial charge in [-0.25, -0.2) is 4.79 Å². The Balaban J connectivity index is 1.47. The van der Waals surface area contributed by atoms with Crippen molar-refractivity contribution in [1.82, 2.24) is 15.1 Å². The molecular formula is C30H37N3O6. The largest absolute Gasteiger partial charge is 0.490 e. The van der Waals surface area contributed by atoms with Crippen molar-refractivity contribution < 1.29 is 28.6 Å². The smallest absolute Gasteiger partial charge is 0.409 e. The van der Waals surface area contributed by atoms with Crippen LogP contribution in [0.4, 0.5) is 4.79 Å². The van der Waals surface area contributed by atoms with Crippen LogP contribution in [0.2, 0.25) is 0 Å². The number of hydrogen-bond acceptors (Lipinski definition) is 6. The van der Waals surface area contributed by atoms with Crippen LogP contribution in [0.5, 0.6) is 11.5 Å². The molecule has 2 atom stereocenters. The van der Waals surface area contributed by atoms with Gasteiger partial charge in [-0.05, 0) is 74.9 Å². The van der Waals surface area contributed by atoms with E-state index < -0.39 is 12.0 Å². The summed E-state index contributed by atoms with van der Waals surface area (Å²) < 4.78 is 16.9. The summed E-state index contributed by atoms with van der Waals surface area (Å²) in [5.41, 5.74) is 3.31. The lowest BCUT2D eigenvalue weighted by Crippen LogP contribution is -2.52. The molecule has 39 heavy (non-hydrogen) atoms. The molecule has 0 aliphatic carbocycles. The van der Waals surface area contributed by atoms with E-state index in [4.69, 9.17) is 14.2 Å². The highest BCUT2D eigenvalue weighted by Gasteiger charge is 2.47. The molecule has 3 aliphatic rings. The minimum absolute atomic E-state index is 0.0557. The fourth-order valence-electron chi connectivity index (χ4n) is 6.07. The Morgan fingerprint density at radius 2 is 1.62 bits per heavy atom. The number of piperidine rings is 1. The first-order valence-corrected chi connectivity index (χ1v) is 14.0. The summed E-state index contributed by atoms with van der Waals surface area (Å²) in [6.07, 6.45) is 1.66. The fraction of sp³-hybridized carbons (Fsp3) is 0.500. The second-order valence-electron chi connectivity index (χ2n) is 10.1. The van der Waals surface area contributed by atoms with Crippen molar-refractivity contribution in [3.63, 3.8) is 0 Å². The van der Waals surface area contributed by atoms with Crippen molar-refractivity contribution in [2.75, 3.05) is 39.5 Å². The Labute approximate surface area is 229 Å². The van der Waals surface area contributed by atoms with Crippen LogP contribution in [0.25, 0.3) is 0 Å². The van der Waals surface area contributed by atoms with E-state index in [1.807, 2.05) is 55.1 Å². The molecule has 1 saturated heterocycles. The molecule has 3 aliphatic heterocycles. The quantitative estimate of drug-likeness (QED) is 0.575. The van der Waals surface area contributed by atoms with Gasteiger partial charge in [-0.3, -0.25) is 9.59 Å². The zero-order valence-corrected chi connectivity index (χ0v) is 22.9. The number of nitrogens with zero attached hydrogens (tertiary/aromatic N) is 2. The summed E-state index contributed by atoms with van der Waals surface area (Å²) in [6.45, 7) is 8.55. The number of rotatable bonds is 7. The van der Waals surface area contributed by atoms with Crippen LogP contribution in [-0.2, 0) is 16.0 Å². The van der Waals surface area contributed by atoms with Crippen molar-refractivity contribution in [2.24, 2.45) is 0 Å². The van der Waals surface area contributed by atoms with Gasteiger partial charge in [-0.15, -0.1) is 0 Å². The summed E-state index contributed by atoms with van der Waals surface area (Å²) >= 11 is 0. The molecule has 208 valence electrons. The molecule has 1 N–H and O–H groups in total. The van der Waals surface area contributed by atoms with Crippen molar-refractivity contribution in [3.8, 4) is 11.5 Å². The van der Waals surface area contributed by atoms with Gasteiger partial charge >= 0.3 is 6.09 Å². The molecule has 2 aromatic rings. The first-order chi connectivity index (χ1) is 19.0. The number of nitrogens with one attached hydrogen (secondary N) is 1. The maximum Gasteiger partial charge on any atom is 0.409 e. The summed E-state index contributed by atoms with van der Waals surface area (Å²) in [5, 5.41) is 3.26. The molecule has 9 heteroatoms. The van der Waals surface area contributed by atoms with Crippen molar-refractivity contribution in [3.05, 3.63) is 58.7 Å². The average molecular weight is 536 g/mol. The van der Waals surface area contributed by atoms with Crippen molar-refractivity contribution >= 4 is 17.9 Å². The molecule has 3 heterocycles. The number of ether oxygens (including phenoxy) is 3. The molecule has 3 amide bonds. The Hall–Kier alpha value is -3.75. The number of likely N-dealkylation sites (tertiary alicyclic amines) is 1. The molecule has 0 saturated carbocycles. The number of carbonyl (C=O) groups is 3. The van der Waals surface area contributed by atoms with Gasteiger partial charge in [-0.2, -0.15) is 0 Å². The van der Waals surface area contributed by atoms with Crippen LogP contribution in [-0.4, -0.2) is 73.2 Å². The molecule has 1 fully saturated rings. The topological polar surface area (TPSA) is 97.4 Å². The highest BCUT2D eigenvalue weighted by Crippen LogP contribution is 2.48. The van der Waals surface area contributed by atoms with Crippen LogP contribution >= 0.6 is 0 Å². The van der Waals surface area contributed by atoms with Crippen LogP contribution in [0.1, 0.15) is 72.6 Å². The molecular weight excluding hydrogens is 498 g/mol. The Morgan fingerprint density at radius 1 is 0.923 bits per heavy atom. The van der Waals surface area contributed by atoms with Gasteiger partial charge in [0.25, 0.3) is 5.91 Å². The maximum atomic E-state index is 14.1.